The Balaban J connectivity index is 1.49. The first kappa shape index (κ1) is 19.5. The van der Waals surface area contributed by atoms with Crippen molar-refractivity contribution in [2.24, 2.45) is 0 Å². The zero-order chi connectivity index (χ0) is 19.9. The summed E-state index contributed by atoms with van der Waals surface area (Å²) in [5.41, 5.74) is 6.87. The quantitative estimate of drug-likeness (QED) is 0.618. The summed E-state index contributed by atoms with van der Waals surface area (Å²) in [6.45, 7) is 4.18. The van der Waals surface area contributed by atoms with Crippen LogP contribution in [0.1, 0.15) is 31.7 Å². The van der Waals surface area contributed by atoms with Crippen LogP contribution >= 0.6 is 0 Å². The molecule has 6 heteroatoms. The molecule has 2 N–H and O–H groups in total. The number of fused-ring (bicyclic) bond motifs is 1. The number of ether oxygens (including phenoxy) is 1. The summed E-state index contributed by atoms with van der Waals surface area (Å²) in [5.74, 6) is 0.312. The lowest BCUT2D eigenvalue weighted by molar-refractivity contribution is -0.130. The van der Waals surface area contributed by atoms with Crippen LogP contribution in [0.3, 0.4) is 0 Å². The third-order valence-corrected chi connectivity index (χ3v) is 4.76. The van der Waals surface area contributed by atoms with E-state index in [-0.39, 0.29) is 19.1 Å². The van der Waals surface area contributed by atoms with Crippen LogP contribution < -0.4 is 15.6 Å². The Morgan fingerprint density at radius 2 is 1.71 bits per heavy atom. The Morgan fingerprint density at radius 1 is 1.00 bits per heavy atom. The summed E-state index contributed by atoms with van der Waals surface area (Å²) in [5, 5.41) is 1.06. The Labute approximate surface area is 164 Å². The highest BCUT2D eigenvalue weighted by molar-refractivity contribution is 5.85. The van der Waals surface area contributed by atoms with Gasteiger partial charge in [-0.3, -0.25) is 20.4 Å². The van der Waals surface area contributed by atoms with Gasteiger partial charge < -0.3 is 9.30 Å². The largest absolute Gasteiger partial charge is 0.483 e. The normalized spacial score (nSPS) is 11.8. The highest BCUT2D eigenvalue weighted by Crippen LogP contribution is 2.28. The molecule has 1 aromatic heterocycles. The van der Waals surface area contributed by atoms with Crippen LogP contribution in [0.5, 0.6) is 5.75 Å². The third kappa shape index (κ3) is 4.71. The Morgan fingerprint density at radius 3 is 2.54 bits per heavy atom. The number of hydrogen-bond acceptors (Lipinski definition) is 3. The van der Waals surface area contributed by atoms with Gasteiger partial charge in [0, 0.05) is 11.7 Å². The van der Waals surface area contributed by atoms with Gasteiger partial charge in [0.2, 0.25) is 0 Å². The summed E-state index contributed by atoms with van der Waals surface area (Å²) in [4.78, 5) is 24.2. The van der Waals surface area contributed by atoms with Gasteiger partial charge in [0.05, 0.1) is 0 Å². The molecule has 2 aromatic carbocycles. The lowest BCUT2D eigenvalue weighted by atomic mass is 9.98. The maximum absolute atomic E-state index is 12.1. The first-order valence-electron chi connectivity index (χ1n) is 9.41. The zero-order valence-corrected chi connectivity index (χ0v) is 16.1. The number of aromatic nitrogens is 1. The van der Waals surface area contributed by atoms with Crippen molar-refractivity contribution in [1.29, 1.82) is 0 Å². The summed E-state index contributed by atoms with van der Waals surface area (Å²) in [6, 6.07) is 17.4. The van der Waals surface area contributed by atoms with E-state index in [1.807, 2.05) is 65.4 Å². The molecule has 146 valence electrons. The molecule has 2 amide bonds. The average Bonchev–Trinajstić information content (AvgIpc) is 3.13. The first-order valence-corrected chi connectivity index (χ1v) is 9.41. The number of carbonyl (C=O) groups is 2. The molecule has 0 aliphatic rings. The Hall–Kier alpha value is -3.28. The summed E-state index contributed by atoms with van der Waals surface area (Å²) < 4.78 is 7.48. The monoisotopic (exact) mass is 379 g/mol. The fourth-order valence-corrected chi connectivity index (χ4v) is 3.03. The van der Waals surface area contributed by atoms with Crippen molar-refractivity contribution in [3.8, 4) is 5.75 Å². The van der Waals surface area contributed by atoms with E-state index in [2.05, 4.69) is 24.7 Å². The molecular formula is C22H25N3O3. The molecule has 1 unspecified atom stereocenters. The van der Waals surface area contributed by atoms with Gasteiger partial charge in [0.1, 0.15) is 12.3 Å². The Bertz CT molecular complexity index is 964. The standard InChI is InChI=1S/C22H25N3O3/c1-3-16(2)18-9-5-7-11-20(18)28-15-22(27)24-23-21(26)14-25-13-12-17-8-4-6-10-19(17)25/h4-13,16H,3,14-15H2,1-2H3,(H,23,26)(H,24,27). The number of carbonyl (C=O) groups excluding carboxylic acids is 2. The van der Waals surface area contributed by atoms with Crippen LogP contribution in [0.2, 0.25) is 0 Å². The molecule has 28 heavy (non-hydrogen) atoms. The van der Waals surface area contributed by atoms with E-state index >= 15 is 0 Å². The predicted molar refractivity (Wildman–Crippen MR) is 109 cm³/mol. The van der Waals surface area contributed by atoms with Gasteiger partial charge in [-0.15, -0.1) is 0 Å². The molecule has 0 saturated heterocycles. The molecule has 0 radical (unpaired) electrons. The lowest BCUT2D eigenvalue weighted by Crippen LogP contribution is -2.45. The fourth-order valence-electron chi connectivity index (χ4n) is 3.03. The number of hydrazine groups is 1. The minimum Gasteiger partial charge on any atom is -0.483 e. The second-order valence-electron chi connectivity index (χ2n) is 6.73. The molecule has 0 aliphatic heterocycles. The summed E-state index contributed by atoms with van der Waals surface area (Å²) in [6.07, 6.45) is 2.83. The van der Waals surface area contributed by atoms with E-state index < -0.39 is 5.91 Å². The van der Waals surface area contributed by atoms with Gasteiger partial charge in [-0.2, -0.15) is 0 Å². The van der Waals surface area contributed by atoms with Crippen LogP contribution in [0, 0.1) is 0 Å². The zero-order valence-electron chi connectivity index (χ0n) is 16.1. The summed E-state index contributed by atoms with van der Waals surface area (Å²) in [7, 11) is 0. The highest BCUT2D eigenvalue weighted by atomic mass is 16.5. The Kier molecular flexibility index (Phi) is 6.32. The van der Waals surface area contributed by atoms with Gasteiger partial charge in [0.25, 0.3) is 11.8 Å². The molecule has 0 saturated carbocycles. The third-order valence-electron chi connectivity index (χ3n) is 4.76. The second-order valence-corrected chi connectivity index (χ2v) is 6.73. The second kappa shape index (κ2) is 9.08. The van der Waals surface area contributed by atoms with E-state index in [0.29, 0.717) is 11.7 Å². The number of nitrogens with one attached hydrogen (secondary N) is 2. The SMILES string of the molecule is CCC(C)c1ccccc1OCC(=O)NNC(=O)Cn1ccc2ccccc21. The molecular weight excluding hydrogens is 354 g/mol. The first-order chi connectivity index (χ1) is 13.6. The van der Waals surface area contributed by atoms with Gasteiger partial charge in [0.15, 0.2) is 6.61 Å². The molecule has 1 heterocycles. The van der Waals surface area contributed by atoms with Crippen molar-refractivity contribution < 1.29 is 14.3 Å². The van der Waals surface area contributed by atoms with Crippen molar-refractivity contribution in [2.45, 2.75) is 32.7 Å². The molecule has 3 aromatic rings. The van der Waals surface area contributed by atoms with E-state index in [0.717, 1.165) is 22.9 Å². The molecule has 0 fully saturated rings. The van der Waals surface area contributed by atoms with E-state index in [1.165, 1.54) is 0 Å². The number of para-hydroxylation sites is 2. The van der Waals surface area contributed by atoms with Crippen molar-refractivity contribution in [2.75, 3.05) is 6.61 Å². The lowest BCUT2D eigenvalue weighted by Gasteiger charge is -2.15. The van der Waals surface area contributed by atoms with E-state index in [9.17, 15) is 9.59 Å². The van der Waals surface area contributed by atoms with Crippen LogP contribution in [-0.2, 0) is 16.1 Å². The fraction of sp³-hybridized carbons (Fsp3) is 0.273. The molecule has 3 rings (SSSR count). The van der Waals surface area contributed by atoms with Gasteiger partial charge in [-0.25, -0.2) is 0 Å². The van der Waals surface area contributed by atoms with Crippen molar-refractivity contribution >= 4 is 22.7 Å². The number of amides is 2. The topological polar surface area (TPSA) is 72.4 Å². The van der Waals surface area contributed by atoms with Crippen LogP contribution in [0.4, 0.5) is 0 Å². The number of rotatable bonds is 7. The minimum absolute atomic E-state index is 0.117. The van der Waals surface area contributed by atoms with Crippen molar-refractivity contribution in [3.63, 3.8) is 0 Å². The predicted octanol–water partition coefficient (Wildman–Crippen LogP) is 3.38. The molecule has 0 spiro atoms. The molecule has 6 nitrogen and oxygen atoms in total. The van der Waals surface area contributed by atoms with Crippen molar-refractivity contribution in [1.82, 2.24) is 15.4 Å². The van der Waals surface area contributed by atoms with Crippen LogP contribution in [0.25, 0.3) is 10.9 Å². The van der Waals surface area contributed by atoms with Crippen LogP contribution in [-0.4, -0.2) is 23.0 Å². The van der Waals surface area contributed by atoms with Gasteiger partial charge in [-0.05, 0) is 41.5 Å². The number of nitrogens with zero attached hydrogens (tertiary/aromatic N) is 1. The van der Waals surface area contributed by atoms with Crippen molar-refractivity contribution in [3.05, 3.63) is 66.4 Å². The molecule has 0 bridgehead atoms. The smallest absolute Gasteiger partial charge is 0.276 e. The minimum atomic E-state index is -0.412. The number of hydrogen-bond donors (Lipinski definition) is 2. The highest BCUT2D eigenvalue weighted by Gasteiger charge is 2.12. The van der Waals surface area contributed by atoms with E-state index in [1.54, 1.807) is 0 Å². The van der Waals surface area contributed by atoms with Gasteiger partial charge in [-0.1, -0.05) is 50.2 Å². The molecule has 0 aliphatic carbocycles. The van der Waals surface area contributed by atoms with Crippen LogP contribution in [0.15, 0.2) is 60.8 Å². The van der Waals surface area contributed by atoms with Gasteiger partial charge >= 0.3 is 0 Å². The maximum Gasteiger partial charge on any atom is 0.276 e. The number of benzene rings is 2. The molecule has 1 atom stereocenters. The van der Waals surface area contributed by atoms with E-state index in [4.69, 9.17) is 4.74 Å². The summed E-state index contributed by atoms with van der Waals surface area (Å²) >= 11 is 0. The maximum atomic E-state index is 12.1. The average molecular weight is 379 g/mol.